The Labute approximate surface area is 129 Å². The molecule has 1 amide bonds. The van der Waals surface area contributed by atoms with Gasteiger partial charge in [0.1, 0.15) is 6.04 Å². The van der Waals surface area contributed by atoms with Gasteiger partial charge in [0.15, 0.2) is 0 Å². The van der Waals surface area contributed by atoms with E-state index in [1.54, 1.807) is 24.0 Å². The summed E-state index contributed by atoms with van der Waals surface area (Å²) in [5.41, 5.74) is 1.70. The fraction of sp³-hybridized carbons (Fsp3) is 0.500. The van der Waals surface area contributed by atoms with Crippen LogP contribution in [0.4, 0.5) is 0 Å². The van der Waals surface area contributed by atoms with Crippen LogP contribution >= 0.6 is 11.6 Å². The van der Waals surface area contributed by atoms with Crippen molar-refractivity contribution in [2.24, 2.45) is 0 Å². The second-order valence-corrected chi connectivity index (χ2v) is 5.43. The van der Waals surface area contributed by atoms with Crippen LogP contribution in [-0.2, 0) is 11.3 Å². The van der Waals surface area contributed by atoms with Gasteiger partial charge in [0.2, 0.25) is 5.91 Å². The molecule has 0 aliphatic rings. The molecular formula is C14H20ClN5O. The highest BCUT2D eigenvalue weighted by atomic mass is 35.5. The summed E-state index contributed by atoms with van der Waals surface area (Å²) in [6.45, 7) is 8.33. The van der Waals surface area contributed by atoms with Crippen molar-refractivity contribution in [3.05, 3.63) is 34.9 Å². The predicted molar refractivity (Wildman–Crippen MR) is 81.1 cm³/mol. The third-order valence-electron chi connectivity index (χ3n) is 3.48. The summed E-state index contributed by atoms with van der Waals surface area (Å²) in [7, 11) is 0. The van der Waals surface area contributed by atoms with Crippen LogP contribution in [0.3, 0.4) is 0 Å². The number of nitrogens with one attached hydrogen (secondary N) is 1. The number of amides is 1. The summed E-state index contributed by atoms with van der Waals surface area (Å²) in [4.78, 5) is 12.3. The lowest BCUT2D eigenvalue weighted by atomic mass is 10.2. The zero-order chi connectivity index (χ0) is 15.6. The molecule has 0 aromatic carbocycles. The first-order valence-corrected chi connectivity index (χ1v) is 7.35. The van der Waals surface area contributed by atoms with E-state index >= 15 is 0 Å². The molecule has 2 rings (SSSR count). The molecule has 0 saturated heterocycles. The SMILES string of the molecule is CCn1nccc1C(C)NC(=O)C(C)n1cc(Cl)c(C)n1. The van der Waals surface area contributed by atoms with E-state index in [-0.39, 0.29) is 11.9 Å². The Bertz CT molecular complexity index is 614. The Morgan fingerprint density at radius 1 is 1.48 bits per heavy atom. The van der Waals surface area contributed by atoms with E-state index < -0.39 is 6.04 Å². The molecule has 114 valence electrons. The number of rotatable bonds is 5. The average molecular weight is 310 g/mol. The lowest BCUT2D eigenvalue weighted by Gasteiger charge is -2.18. The van der Waals surface area contributed by atoms with Gasteiger partial charge in [0.05, 0.1) is 22.5 Å². The van der Waals surface area contributed by atoms with E-state index in [0.717, 1.165) is 12.2 Å². The Kier molecular flexibility index (Phi) is 4.67. The number of halogens is 1. The van der Waals surface area contributed by atoms with Crippen molar-refractivity contribution in [3.8, 4) is 0 Å². The Balaban J connectivity index is 2.07. The monoisotopic (exact) mass is 309 g/mol. The summed E-state index contributed by atoms with van der Waals surface area (Å²) >= 11 is 5.98. The lowest BCUT2D eigenvalue weighted by Crippen LogP contribution is -2.34. The summed E-state index contributed by atoms with van der Waals surface area (Å²) in [6, 6.07) is 1.37. The largest absolute Gasteiger partial charge is 0.346 e. The van der Waals surface area contributed by atoms with E-state index in [9.17, 15) is 4.79 Å². The van der Waals surface area contributed by atoms with Crippen LogP contribution in [0.15, 0.2) is 18.5 Å². The third-order valence-corrected chi connectivity index (χ3v) is 3.86. The van der Waals surface area contributed by atoms with Crippen molar-refractivity contribution in [2.45, 2.75) is 46.3 Å². The minimum Gasteiger partial charge on any atom is -0.346 e. The maximum atomic E-state index is 12.3. The number of hydrogen-bond acceptors (Lipinski definition) is 3. The van der Waals surface area contributed by atoms with Gasteiger partial charge in [0, 0.05) is 18.9 Å². The van der Waals surface area contributed by atoms with Gasteiger partial charge in [-0.2, -0.15) is 10.2 Å². The molecule has 21 heavy (non-hydrogen) atoms. The van der Waals surface area contributed by atoms with E-state index in [2.05, 4.69) is 15.5 Å². The maximum absolute atomic E-state index is 12.3. The van der Waals surface area contributed by atoms with E-state index in [0.29, 0.717) is 10.7 Å². The van der Waals surface area contributed by atoms with Crippen LogP contribution in [0, 0.1) is 6.92 Å². The fourth-order valence-electron chi connectivity index (χ4n) is 2.16. The summed E-state index contributed by atoms with van der Waals surface area (Å²) in [6.07, 6.45) is 3.41. The highest BCUT2D eigenvalue weighted by Crippen LogP contribution is 2.17. The van der Waals surface area contributed by atoms with Crippen molar-refractivity contribution < 1.29 is 4.79 Å². The molecule has 2 aromatic rings. The topological polar surface area (TPSA) is 64.7 Å². The molecule has 0 radical (unpaired) electrons. The van der Waals surface area contributed by atoms with Gasteiger partial charge in [-0.15, -0.1) is 0 Å². The normalized spacial score (nSPS) is 14.0. The van der Waals surface area contributed by atoms with Crippen LogP contribution in [0.2, 0.25) is 5.02 Å². The number of hydrogen-bond donors (Lipinski definition) is 1. The second-order valence-electron chi connectivity index (χ2n) is 5.02. The van der Waals surface area contributed by atoms with Gasteiger partial charge < -0.3 is 5.32 Å². The van der Waals surface area contributed by atoms with Crippen molar-refractivity contribution in [1.82, 2.24) is 24.9 Å². The molecule has 2 heterocycles. The van der Waals surface area contributed by atoms with Crippen molar-refractivity contribution in [1.29, 1.82) is 0 Å². The molecule has 1 N–H and O–H groups in total. The molecule has 2 aromatic heterocycles. The molecule has 2 atom stereocenters. The Morgan fingerprint density at radius 3 is 2.76 bits per heavy atom. The van der Waals surface area contributed by atoms with Crippen LogP contribution < -0.4 is 5.32 Å². The van der Waals surface area contributed by atoms with Crippen LogP contribution in [-0.4, -0.2) is 25.5 Å². The standard InChI is InChI=1S/C14H20ClN5O/c1-5-19-13(6-7-16-19)10(3)17-14(21)11(4)20-8-12(15)9(2)18-20/h6-8,10-11H,5H2,1-4H3,(H,17,21). The van der Waals surface area contributed by atoms with Crippen molar-refractivity contribution in [2.75, 3.05) is 0 Å². The minimum atomic E-state index is -0.420. The Hall–Kier alpha value is -1.82. The van der Waals surface area contributed by atoms with Gasteiger partial charge in [0.25, 0.3) is 0 Å². The number of carbonyl (C=O) groups is 1. The smallest absolute Gasteiger partial charge is 0.245 e. The number of carbonyl (C=O) groups excluding carboxylic acids is 1. The van der Waals surface area contributed by atoms with Gasteiger partial charge >= 0.3 is 0 Å². The molecule has 0 aliphatic carbocycles. The molecule has 0 aliphatic heterocycles. The molecule has 0 bridgehead atoms. The maximum Gasteiger partial charge on any atom is 0.245 e. The van der Waals surface area contributed by atoms with Crippen LogP contribution in [0.1, 0.15) is 44.2 Å². The molecule has 7 heteroatoms. The number of aryl methyl sites for hydroxylation is 2. The molecule has 0 saturated carbocycles. The first kappa shape index (κ1) is 15.6. The second kappa shape index (κ2) is 6.30. The zero-order valence-electron chi connectivity index (χ0n) is 12.7. The summed E-state index contributed by atoms with van der Waals surface area (Å²) in [5, 5.41) is 12.0. The lowest BCUT2D eigenvalue weighted by molar-refractivity contribution is -0.124. The highest BCUT2D eigenvalue weighted by molar-refractivity contribution is 6.31. The molecule has 0 spiro atoms. The fourth-order valence-corrected chi connectivity index (χ4v) is 2.30. The highest BCUT2D eigenvalue weighted by Gasteiger charge is 2.20. The number of aromatic nitrogens is 4. The van der Waals surface area contributed by atoms with Crippen LogP contribution in [0.25, 0.3) is 0 Å². The van der Waals surface area contributed by atoms with E-state index in [1.165, 1.54) is 0 Å². The van der Waals surface area contributed by atoms with Crippen molar-refractivity contribution in [3.63, 3.8) is 0 Å². The summed E-state index contributed by atoms with van der Waals surface area (Å²) < 4.78 is 3.45. The summed E-state index contributed by atoms with van der Waals surface area (Å²) in [5.74, 6) is -0.106. The first-order valence-electron chi connectivity index (χ1n) is 6.97. The first-order chi connectivity index (χ1) is 9.93. The Morgan fingerprint density at radius 2 is 2.19 bits per heavy atom. The molecule has 0 fully saturated rings. The quantitative estimate of drug-likeness (QED) is 0.923. The van der Waals surface area contributed by atoms with Gasteiger partial charge in [-0.05, 0) is 33.8 Å². The number of nitrogens with zero attached hydrogens (tertiary/aromatic N) is 4. The minimum absolute atomic E-state index is 0.106. The van der Waals surface area contributed by atoms with Gasteiger partial charge in [-0.3, -0.25) is 14.2 Å². The van der Waals surface area contributed by atoms with E-state index in [4.69, 9.17) is 11.6 Å². The van der Waals surface area contributed by atoms with E-state index in [1.807, 2.05) is 31.5 Å². The average Bonchev–Trinajstić information content (AvgIpc) is 3.05. The van der Waals surface area contributed by atoms with Crippen LogP contribution in [0.5, 0.6) is 0 Å². The molecule has 2 unspecified atom stereocenters. The third kappa shape index (κ3) is 3.26. The molecule has 6 nitrogen and oxygen atoms in total. The van der Waals surface area contributed by atoms with Gasteiger partial charge in [-0.1, -0.05) is 11.6 Å². The zero-order valence-corrected chi connectivity index (χ0v) is 13.4. The van der Waals surface area contributed by atoms with Gasteiger partial charge in [-0.25, -0.2) is 0 Å². The van der Waals surface area contributed by atoms with Crippen molar-refractivity contribution >= 4 is 17.5 Å². The predicted octanol–water partition coefficient (Wildman–Crippen LogP) is 2.50. The molecular weight excluding hydrogens is 290 g/mol.